The van der Waals surface area contributed by atoms with Crippen LogP contribution in [0.15, 0.2) is 76.9 Å². The average molecular weight is 456 g/mol. The molecule has 0 aliphatic heterocycles. The van der Waals surface area contributed by atoms with Gasteiger partial charge in [0.25, 0.3) is 0 Å². The number of hydrogen-bond donors (Lipinski definition) is 2. The molecule has 1 atom stereocenters. The number of allylic oxidation sites excluding steroid dienone is 5. The predicted molar refractivity (Wildman–Crippen MR) is 145 cm³/mol. The molecule has 2 fully saturated rings. The van der Waals surface area contributed by atoms with Crippen LogP contribution in [0, 0.1) is 23.7 Å². The fraction of sp³-hybridized carbons (Fsp3) is 0.414. The van der Waals surface area contributed by atoms with Crippen molar-refractivity contribution in [3.63, 3.8) is 0 Å². The van der Waals surface area contributed by atoms with E-state index in [9.17, 15) is 0 Å². The van der Waals surface area contributed by atoms with Crippen molar-refractivity contribution in [1.82, 2.24) is 10.3 Å². The molecule has 5 nitrogen and oxygen atoms in total. The third-order valence-electron chi connectivity index (χ3n) is 7.08. The molecule has 2 saturated carbocycles. The first-order valence-corrected chi connectivity index (χ1v) is 12.1. The predicted octanol–water partition coefficient (Wildman–Crippen LogP) is 6.38. The molecule has 1 unspecified atom stereocenters. The molecule has 1 aromatic rings. The number of rotatable bonds is 11. The monoisotopic (exact) mass is 455 g/mol. The van der Waals surface area contributed by atoms with Crippen molar-refractivity contribution in [3.8, 4) is 12.3 Å². The second-order valence-corrected chi connectivity index (χ2v) is 9.45. The van der Waals surface area contributed by atoms with Crippen LogP contribution in [0.4, 0.5) is 5.69 Å². The zero-order chi connectivity index (χ0) is 24.6. The summed E-state index contributed by atoms with van der Waals surface area (Å²) in [6.07, 6.45) is 19.8. The maximum absolute atomic E-state index is 5.38. The fourth-order valence-corrected chi connectivity index (χ4v) is 5.15. The zero-order valence-corrected chi connectivity index (χ0v) is 20.6. The van der Waals surface area contributed by atoms with Crippen LogP contribution in [0.5, 0.6) is 0 Å². The summed E-state index contributed by atoms with van der Waals surface area (Å²) in [6, 6.07) is 4.21. The second kappa shape index (κ2) is 11.7. The molecule has 0 saturated heterocycles. The minimum Gasteiger partial charge on any atom is -0.384 e. The van der Waals surface area contributed by atoms with Gasteiger partial charge < -0.3 is 10.6 Å². The van der Waals surface area contributed by atoms with Gasteiger partial charge in [-0.2, -0.15) is 10.2 Å². The van der Waals surface area contributed by atoms with Crippen molar-refractivity contribution in [2.24, 2.45) is 21.5 Å². The molecule has 1 spiro atoms. The van der Waals surface area contributed by atoms with Gasteiger partial charge >= 0.3 is 0 Å². The van der Waals surface area contributed by atoms with Gasteiger partial charge in [0.05, 0.1) is 23.3 Å². The summed E-state index contributed by atoms with van der Waals surface area (Å²) in [4.78, 5) is 4.77. The van der Waals surface area contributed by atoms with Gasteiger partial charge in [0.15, 0.2) is 0 Å². The second-order valence-electron chi connectivity index (χ2n) is 9.45. The van der Waals surface area contributed by atoms with Gasteiger partial charge in [-0.25, -0.2) is 0 Å². The first-order chi connectivity index (χ1) is 16.4. The number of pyridine rings is 1. The number of aromatic nitrogens is 1. The quantitative estimate of drug-likeness (QED) is 0.134. The summed E-state index contributed by atoms with van der Waals surface area (Å²) in [5.41, 5.74) is 6.26. The van der Waals surface area contributed by atoms with E-state index in [1.54, 1.807) is 6.08 Å². The van der Waals surface area contributed by atoms with Gasteiger partial charge in [-0.15, -0.1) is 6.42 Å². The van der Waals surface area contributed by atoms with E-state index in [0.29, 0.717) is 30.0 Å². The molecule has 0 aromatic carbocycles. The van der Waals surface area contributed by atoms with Gasteiger partial charge in [0.2, 0.25) is 0 Å². The van der Waals surface area contributed by atoms with Crippen molar-refractivity contribution < 1.29 is 0 Å². The Balaban J connectivity index is 1.52. The smallest absolute Gasteiger partial charge is 0.0875 e. The van der Waals surface area contributed by atoms with Crippen LogP contribution >= 0.6 is 0 Å². The highest BCUT2D eigenvalue weighted by Crippen LogP contribution is 2.65. The van der Waals surface area contributed by atoms with E-state index in [1.165, 1.54) is 43.4 Å². The van der Waals surface area contributed by atoms with Gasteiger partial charge in [-0.3, -0.25) is 4.98 Å². The van der Waals surface area contributed by atoms with E-state index >= 15 is 0 Å². The highest BCUT2D eigenvalue weighted by atomic mass is 15.2. The zero-order valence-electron chi connectivity index (χ0n) is 20.6. The Hall–Kier alpha value is -3.39. The lowest BCUT2D eigenvalue weighted by Gasteiger charge is -2.29. The maximum atomic E-state index is 5.38. The lowest BCUT2D eigenvalue weighted by atomic mass is 9.76. The number of nitrogens with zero attached hydrogens (tertiary/aromatic N) is 3. The van der Waals surface area contributed by atoms with E-state index in [0.717, 1.165) is 23.0 Å². The maximum Gasteiger partial charge on any atom is 0.0875 e. The number of hydrogen-bond acceptors (Lipinski definition) is 5. The van der Waals surface area contributed by atoms with Gasteiger partial charge in [0, 0.05) is 43.1 Å². The summed E-state index contributed by atoms with van der Waals surface area (Å²) in [7, 11) is 0. The number of terminal acetylenes is 1. The van der Waals surface area contributed by atoms with Crippen molar-refractivity contribution in [3.05, 3.63) is 72.4 Å². The Bertz CT molecular complexity index is 1030. The van der Waals surface area contributed by atoms with Crippen molar-refractivity contribution in [2.45, 2.75) is 58.3 Å². The molecule has 1 aromatic heterocycles. The van der Waals surface area contributed by atoms with Crippen LogP contribution in [0.2, 0.25) is 0 Å². The van der Waals surface area contributed by atoms with Gasteiger partial charge in [-0.05, 0) is 75.5 Å². The molecular weight excluding hydrogens is 418 g/mol. The number of nitrogens with one attached hydrogen (secondary N) is 2. The molecule has 2 N–H and O–H groups in total. The molecular formula is C29H37N5. The van der Waals surface area contributed by atoms with Crippen molar-refractivity contribution >= 4 is 18.1 Å². The molecule has 178 valence electrons. The van der Waals surface area contributed by atoms with Crippen LogP contribution in [-0.4, -0.2) is 24.0 Å². The Morgan fingerprint density at radius 3 is 2.65 bits per heavy atom. The summed E-state index contributed by atoms with van der Waals surface area (Å²) in [5, 5.41) is 14.5. The standard InChI is InChI=1S/C29H37N5/c1-7-9-24(10-8-2)31-18-15-27(34-30-6)22(5)33-25-11-12-28(32-20-25)23-13-16-29(17-14-23)19-26(29)21(3)4/h1,8-12,20,23,26,31,33H,3,5-6,13-19H2,2,4H3/b10-8-,24-9+,34-27+. The van der Waals surface area contributed by atoms with Gasteiger partial charge in [0.1, 0.15) is 0 Å². The highest BCUT2D eigenvalue weighted by molar-refractivity contribution is 6.02. The third-order valence-corrected chi connectivity index (χ3v) is 7.08. The first-order valence-electron chi connectivity index (χ1n) is 12.1. The first kappa shape index (κ1) is 25.2. The normalized spacial score (nSPS) is 24.5. The summed E-state index contributed by atoms with van der Waals surface area (Å²) >= 11 is 0. The minimum absolute atomic E-state index is 0.546. The molecule has 2 aliphatic rings. The fourth-order valence-electron chi connectivity index (χ4n) is 5.15. The Labute approximate surface area is 204 Å². The molecule has 34 heavy (non-hydrogen) atoms. The molecule has 1 heterocycles. The number of anilines is 1. The van der Waals surface area contributed by atoms with E-state index in [2.05, 4.69) is 65.7 Å². The topological polar surface area (TPSA) is 61.7 Å². The van der Waals surface area contributed by atoms with E-state index in [4.69, 9.17) is 11.4 Å². The molecule has 2 aliphatic carbocycles. The van der Waals surface area contributed by atoms with Crippen molar-refractivity contribution in [1.29, 1.82) is 0 Å². The van der Waals surface area contributed by atoms with Crippen LogP contribution in [0.3, 0.4) is 0 Å². The molecule has 3 rings (SSSR count). The third kappa shape index (κ3) is 6.35. The van der Waals surface area contributed by atoms with E-state index < -0.39 is 0 Å². The van der Waals surface area contributed by atoms with E-state index in [1.807, 2.05) is 25.3 Å². The van der Waals surface area contributed by atoms with Crippen LogP contribution in [0.1, 0.15) is 64.0 Å². The van der Waals surface area contributed by atoms with Gasteiger partial charge in [-0.1, -0.05) is 30.7 Å². The molecule has 0 radical (unpaired) electrons. The van der Waals surface area contributed by atoms with Crippen LogP contribution in [-0.2, 0) is 0 Å². The van der Waals surface area contributed by atoms with Crippen molar-refractivity contribution in [2.75, 3.05) is 11.9 Å². The SMILES string of the molecule is C#C/C=C(\C=C/C)NCC/C(=N\N=C)C(=C)Nc1ccc(C2CCC3(CC2)CC3C(=C)C)nc1. The Kier molecular flexibility index (Phi) is 8.65. The Morgan fingerprint density at radius 2 is 2.09 bits per heavy atom. The summed E-state index contributed by atoms with van der Waals surface area (Å²) in [5.74, 6) is 3.83. The summed E-state index contributed by atoms with van der Waals surface area (Å²) in [6.45, 7) is 16.6. The van der Waals surface area contributed by atoms with Crippen LogP contribution in [0.25, 0.3) is 0 Å². The molecule has 0 amide bonds. The highest BCUT2D eigenvalue weighted by Gasteiger charge is 2.54. The lowest BCUT2D eigenvalue weighted by molar-refractivity contribution is 0.287. The average Bonchev–Trinajstić information content (AvgIpc) is 3.53. The minimum atomic E-state index is 0.546. The lowest BCUT2D eigenvalue weighted by Crippen LogP contribution is -2.20. The summed E-state index contributed by atoms with van der Waals surface area (Å²) < 4.78 is 0. The molecule has 0 bridgehead atoms. The largest absolute Gasteiger partial charge is 0.384 e. The molecule has 5 heteroatoms. The van der Waals surface area contributed by atoms with E-state index in [-0.39, 0.29) is 0 Å². The Morgan fingerprint density at radius 1 is 1.32 bits per heavy atom. The van der Waals surface area contributed by atoms with Crippen LogP contribution < -0.4 is 10.6 Å².